The Hall–Kier alpha value is -1.20. The first-order chi connectivity index (χ1) is 8.33. The van der Waals surface area contributed by atoms with Gasteiger partial charge in [0.25, 0.3) is 0 Å². The summed E-state index contributed by atoms with van der Waals surface area (Å²) < 4.78 is 2.17. The maximum absolute atomic E-state index is 6.02. The van der Waals surface area contributed by atoms with Crippen LogP contribution in [-0.4, -0.2) is 32.1 Å². The molecular weight excluding hydrogens is 238 g/mol. The molecule has 0 amide bonds. The molecule has 0 spiro atoms. The van der Waals surface area contributed by atoms with Crippen molar-refractivity contribution in [3.05, 3.63) is 17.8 Å². The van der Waals surface area contributed by atoms with Gasteiger partial charge < -0.3 is 9.88 Å². The van der Waals surface area contributed by atoms with Gasteiger partial charge in [0.1, 0.15) is 11.8 Å². The van der Waals surface area contributed by atoms with Crippen molar-refractivity contribution in [1.29, 1.82) is 0 Å². The molecule has 3 atom stereocenters. The normalized spacial score (nSPS) is 31.5. The molecule has 1 aliphatic heterocycles. The van der Waals surface area contributed by atoms with Crippen LogP contribution < -0.4 is 5.32 Å². The fourth-order valence-electron chi connectivity index (χ4n) is 3.21. The van der Waals surface area contributed by atoms with Crippen LogP contribution in [0.2, 0.25) is 5.15 Å². The van der Waals surface area contributed by atoms with Crippen molar-refractivity contribution in [3.8, 4) is 0 Å². The molecule has 2 aromatic rings. The van der Waals surface area contributed by atoms with Crippen molar-refractivity contribution in [3.63, 3.8) is 0 Å². The Bertz CT molecular complexity index is 580. The summed E-state index contributed by atoms with van der Waals surface area (Å²) in [6, 6.07) is 1.18. The van der Waals surface area contributed by atoms with Crippen LogP contribution in [0.15, 0.2) is 12.7 Å². The average molecular weight is 250 g/mol. The fraction of sp³-hybridized carbons (Fsp3) is 0.545. The second-order valence-corrected chi connectivity index (χ2v) is 5.25. The van der Waals surface area contributed by atoms with Gasteiger partial charge in [0.2, 0.25) is 0 Å². The number of imidazole rings is 1. The zero-order chi connectivity index (χ0) is 11.4. The molecule has 3 heterocycles. The summed E-state index contributed by atoms with van der Waals surface area (Å²) >= 11 is 6.02. The average Bonchev–Trinajstić information content (AvgIpc) is 3.03. The van der Waals surface area contributed by atoms with Crippen LogP contribution >= 0.6 is 11.6 Å². The van der Waals surface area contributed by atoms with E-state index in [-0.39, 0.29) is 0 Å². The highest BCUT2D eigenvalue weighted by Gasteiger charge is 2.40. The minimum Gasteiger partial charge on any atom is -0.314 e. The van der Waals surface area contributed by atoms with E-state index in [9.17, 15) is 0 Å². The first-order valence-corrected chi connectivity index (χ1v) is 6.27. The van der Waals surface area contributed by atoms with E-state index in [0.717, 1.165) is 18.6 Å². The molecule has 88 valence electrons. The zero-order valence-electron chi connectivity index (χ0n) is 9.17. The molecule has 2 bridgehead atoms. The third kappa shape index (κ3) is 1.32. The van der Waals surface area contributed by atoms with Gasteiger partial charge in [-0.3, -0.25) is 0 Å². The Balaban J connectivity index is 1.84. The topological polar surface area (TPSA) is 55.6 Å². The highest BCUT2D eigenvalue weighted by Crippen LogP contribution is 2.41. The first kappa shape index (κ1) is 9.79. The lowest BCUT2D eigenvalue weighted by Crippen LogP contribution is -2.30. The number of hydrogen-bond donors (Lipinski definition) is 1. The van der Waals surface area contributed by atoms with Crippen molar-refractivity contribution < 1.29 is 0 Å². The van der Waals surface area contributed by atoms with E-state index in [1.807, 2.05) is 6.33 Å². The highest BCUT2D eigenvalue weighted by molar-refractivity contribution is 6.33. The number of rotatable bonds is 1. The van der Waals surface area contributed by atoms with Crippen LogP contribution in [0.1, 0.15) is 18.9 Å². The van der Waals surface area contributed by atoms with Gasteiger partial charge >= 0.3 is 0 Å². The molecule has 4 rings (SSSR count). The van der Waals surface area contributed by atoms with E-state index >= 15 is 0 Å². The standard InChI is InChI=1S/C11H12ClN5/c12-10-9-11(15-4-14-10)17(5-16-9)8-2-7-1-6(8)3-13-7/h4-8,13H,1-3H2/t6-,7-,8+/m1/s1. The van der Waals surface area contributed by atoms with Crippen LogP contribution in [0.25, 0.3) is 11.2 Å². The van der Waals surface area contributed by atoms with E-state index in [0.29, 0.717) is 28.7 Å². The minimum atomic E-state index is 0.440. The van der Waals surface area contributed by atoms with E-state index in [2.05, 4.69) is 24.8 Å². The lowest BCUT2D eigenvalue weighted by atomic mass is 10.0. The van der Waals surface area contributed by atoms with E-state index < -0.39 is 0 Å². The fourth-order valence-corrected chi connectivity index (χ4v) is 3.39. The number of fused-ring (bicyclic) bond motifs is 3. The Labute approximate surface area is 103 Å². The molecule has 1 N–H and O–H groups in total. The Morgan fingerprint density at radius 3 is 3.00 bits per heavy atom. The molecule has 1 aliphatic carbocycles. The monoisotopic (exact) mass is 249 g/mol. The number of aromatic nitrogens is 4. The van der Waals surface area contributed by atoms with Gasteiger partial charge in [0, 0.05) is 18.6 Å². The van der Waals surface area contributed by atoms with Gasteiger partial charge in [-0.1, -0.05) is 11.6 Å². The highest BCUT2D eigenvalue weighted by atomic mass is 35.5. The Morgan fingerprint density at radius 1 is 1.29 bits per heavy atom. The SMILES string of the molecule is Clc1ncnc2c1ncn2[C@H]1C[C@H]2C[C@@H]1CN2. The molecule has 17 heavy (non-hydrogen) atoms. The molecule has 0 aromatic carbocycles. The smallest absolute Gasteiger partial charge is 0.165 e. The van der Waals surface area contributed by atoms with Crippen LogP contribution in [-0.2, 0) is 0 Å². The van der Waals surface area contributed by atoms with Gasteiger partial charge in [0.05, 0.1) is 6.33 Å². The van der Waals surface area contributed by atoms with Gasteiger partial charge in [-0.25, -0.2) is 15.0 Å². The third-order valence-electron chi connectivity index (χ3n) is 4.00. The van der Waals surface area contributed by atoms with Crippen molar-refractivity contribution in [2.45, 2.75) is 24.9 Å². The molecule has 2 fully saturated rings. The quantitative estimate of drug-likeness (QED) is 0.777. The van der Waals surface area contributed by atoms with E-state index in [1.165, 1.54) is 12.7 Å². The minimum absolute atomic E-state index is 0.440. The predicted molar refractivity (Wildman–Crippen MR) is 63.9 cm³/mol. The predicted octanol–water partition coefficient (Wildman–Crippen LogP) is 1.40. The number of nitrogens with zero attached hydrogens (tertiary/aromatic N) is 4. The number of halogens is 1. The molecule has 2 aliphatic rings. The number of piperidine rings is 1. The zero-order valence-corrected chi connectivity index (χ0v) is 9.93. The third-order valence-corrected chi connectivity index (χ3v) is 4.27. The van der Waals surface area contributed by atoms with E-state index in [1.54, 1.807) is 0 Å². The summed E-state index contributed by atoms with van der Waals surface area (Å²) in [5.41, 5.74) is 1.58. The van der Waals surface area contributed by atoms with Crippen LogP contribution in [0.4, 0.5) is 0 Å². The molecule has 0 radical (unpaired) electrons. The summed E-state index contributed by atoms with van der Waals surface area (Å²) in [7, 11) is 0. The Kier molecular flexibility index (Phi) is 1.96. The molecule has 1 saturated heterocycles. The molecule has 0 unspecified atom stereocenters. The van der Waals surface area contributed by atoms with Crippen LogP contribution in [0.5, 0.6) is 0 Å². The first-order valence-electron chi connectivity index (χ1n) is 5.89. The largest absolute Gasteiger partial charge is 0.314 e. The van der Waals surface area contributed by atoms with Crippen molar-refractivity contribution in [2.75, 3.05) is 6.54 Å². The lowest BCUT2D eigenvalue weighted by molar-refractivity contribution is 0.351. The number of hydrogen-bond acceptors (Lipinski definition) is 4. The summed E-state index contributed by atoms with van der Waals surface area (Å²) in [5.74, 6) is 0.700. The van der Waals surface area contributed by atoms with Gasteiger partial charge in [0.15, 0.2) is 10.8 Å². The second kappa shape index (κ2) is 3.40. The summed E-state index contributed by atoms with van der Waals surface area (Å²) in [6.45, 7) is 1.10. The Morgan fingerprint density at radius 2 is 2.24 bits per heavy atom. The molecule has 6 heteroatoms. The van der Waals surface area contributed by atoms with Gasteiger partial charge in [-0.2, -0.15) is 0 Å². The van der Waals surface area contributed by atoms with E-state index in [4.69, 9.17) is 11.6 Å². The van der Waals surface area contributed by atoms with Crippen LogP contribution in [0, 0.1) is 5.92 Å². The maximum Gasteiger partial charge on any atom is 0.165 e. The molecule has 1 saturated carbocycles. The van der Waals surface area contributed by atoms with Crippen molar-refractivity contribution >= 4 is 22.8 Å². The van der Waals surface area contributed by atoms with Crippen LogP contribution in [0.3, 0.4) is 0 Å². The summed E-state index contributed by atoms with van der Waals surface area (Å²) in [5, 5.41) is 3.95. The van der Waals surface area contributed by atoms with Gasteiger partial charge in [-0.05, 0) is 18.8 Å². The molecule has 2 aromatic heterocycles. The second-order valence-electron chi connectivity index (χ2n) is 4.89. The van der Waals surface area contributed by atoms with Crippen molar-refractivity contribution in [2.24, 2.45) is 5.92 Å². The lowest BCUT2D eigenvalue weighted by Gasteiger charge is -2.23. The van der Waals surface area contributed by atoms with Crippen molar-refractivity contribution in [1.82, 2.24) is 24.8 Å². The maximum atomic E-state index is 6.02. The molecular formula is C11H12ClN5. The summed E-state index contributed by atoms with van der Waals surface area (Å²) in [6.07, 6.45) is 5.80. The number of nitrogens with one attached hydrogen (secondary N) is 1. The molecule has 5 nitrogen and oxygen atoms in total. The van der Waals surface area contributed by atoms with Gasteiger partial charge in [-0.15, -0.1) is 0 Å². The summed E-state index contributed by atoms with van der Waals surface area (Å²) in [4.78, 5) is 12.6.